The Morgan fingerprint density at radius 2 is 1.47 bits per heavy atom. The molecule has 2 aromatic rings. The normalized spacial score (nSPS) is 19.3. The summed E-state index contributed by atoms with van der Waals surface area (Å²) < 4.78 is 11.2. The van der Waals surface area contributed by atoms with Crippen molar-refractivity contribution in [2.24, 2.45) is 11.8 Å². The number of likely N-dealkylation sites (N-methyl/N-ethyl adjacent to an activating group) is 1. The van der Waals surface area contributed by atoms with E-state index >= 15 is 0 Å². The summed E-state index contributed by atoms with van der Waals surface area (Å²) in [5.74, 6) is 0.444. The highest BCUT2D eigenvalue weighted by Gasteiger charge is 2.37. The number of nitrogens with zero attached hydrogens (tertiary/aromatic N) is 5. The monoisotopic (exact) mass is 788 g/mol. The van der Waals surface area contributed by atoms with Crippen LogP contribution in [0.2, 0.25) is 0 Å². The Labute approximate surface area is 336 Å². The molecule has 6 rings (SSSR count). The SMILES string of the molecule is Cc1cc(C[C@@H](OC(=O)N2CCC(N3CCc4ccccc4NC3=O)CC2)C(=O)N2CCC(C3CCN(CCC(=O)OCC(=O)N(C)C)CC3)CC2)cc(C)c1O. The third-order valence-corrected chi connectivity index (χ3v) is 12.4. The van der Waals surface area contributed by atoms with Gasteiger partial charge >= 0.3 is 18.1 Å². The van der Waals surface area contributed by atoms with Gasteiger partial charge in [0, 0.05) is 71.5 Å². The highest BCUT2D eigenvalue weighted by atomic mass is 16.6. The first-order valence-corrected chi connectivity index (χ1v) is 20.6. The molecular formula is C43H60N6O8. The minimum Gasteiger partial charge on any atom is -0.507 e. The zero-order chi connectivity index (χ0) is 40.6. The number of hydrogen-bond acceptors (Lipinski definition) is 9. The van der Waals surface area contributed by atoms with Crippen molar-refractivity contribution in [3.05, 3.63) is 58.7 Å². The summed E-state index contributed by atoms with van der Waals surface area (Å²) in [6.45, 7) is 8.45. The van der Waals surface area contributed by atoms with Crippen molar-refractivity contribution in [2.75, 3.05) is 78.4 Å². The number of anilines is 1. The Kier molecular flexibility index (Phi) is 14.0. The molecule has 0 aliphatic carbocycles. The molecule has 0 saturated carbocycles. The van der Waals surface area contributed by atoms with E-state index in [0.717, 1.165) is 62.0 Å². The quantitative estimate of drug-likeness (QED) is 0.312. The number of hydrogen-bond donors (Lipinski definition) is 2. The summed E-state index contributed by atoms with van der Waals surface area (Å²) in [7, 11) is 3.26. The van der Waals surface area contributed by atoms with Crippen molar-refractivity contribution in [3.8, 4) is 5.75 Å². The van der Waals surface area contributed by atoms with Crippen LogP contribution in [0.25, 0.3) is 0 Å². The Morgan fingerprint density at radius 1 is 0.860 bits per heavy atom. The summed E-state index contributed by atoms with van der Waals surface area (Å²) in [5.41, 5.74) is 4.18. The van der Waals surface area contributed by atoms with E-state index in [1.54, 1.807) is 19.0 Å². The van der Waals surface area contributed by atoms with Gasteiger partial charge < -0.3 is 44.4 Å². The van der Waals surface area contributed by atoms with Crippen molar-refractivity contribution >= 4 is 35.6 Å². The maximum atomic E-state index is 14.2. The van der Waals surface area contributed by atoms with Crippen LogP contribution in [0.3, 0.4) is 0 Å². The van der Waals surface area contributed by atoms with E-state index in [1.807, 2.05) is 60.0 Å². The van der Waals surface area contributed by atoms with E-state index in [-0.39, 0.29) is 55.1 Å². The first-order chi connectivity index (χ1) is 27.4. The lowest BCUT2D eigenvalue weighted by Gasteiger charge is -2.41. The van der Waals surface area contributed by atoms with Gasteiger partial charge in [-0.1, -0.05) is 30.3 Å². The summed E-state index contributed by atoms with van der Waals surface area (Å²) in [6.07, 6.45) is 4.73. The van der Waals surface area contributed by atoms with E-state index < -0.39 is 12.2 Å². The van der Waals surface area contributed by atoms with Crippen LogP contribution in [0.5, 0.6) is 5.75 Å². The van der Waals surface area contributed by atoms with Gasteiger partial charge in [-0.2, -0.15) is 0 Å². The van der Waals surface area contributed by atoms with Crippen molar-refractivity contribution in [2.45, 2.75) is 83.8 Å². The molecule has 310 valence electrons. The number of rotatable bonds is 11. The number of ether oxygens (including phenoxy) is 2. The molecule has 0 bridgehead atoms. The van der Waals surface area contributed by atoms with Gasteiger partial charge in [-0.3, -0.25) is 14.4 Å². The molecule has 0 spiro atoms. The molecule has 4 aliphatic rings. The fourth-order valence-corrected chi connectivity index (χ4v) is 8.89. The van der Waals surface area contributed by atoms with Crippen LogP contribution in [-0.2, 0) is 36.7 Å². The topological polar surface area (TPSA) is 152 Å². The van der Waals surface area contributed by atoms with E-state index in [2.05, 4.69) is 10.2 Å². The van der Waals surface area contributed by atoms with Gasteiger partial charge in [0.1, 0.15) is 5.75 Å². The van der Waals surface area contributed by atoms with Gasteiger partial charge in [-0.25, -0.2) is 9.59 Å². The lowest BCUT2D eigenvalue weighted by atomic mass is 9.78. The molecule has 0 radical (unpaired) electrons. The number of benzene rings is 2. The molecule has 4 heterocycles. The van der Waals surface area contributed by atoms with Crippen LogP contribution in [0, 0.1) is 25.7 Å². The molecule has 0 aromatic heterocycles. The Morgan fingerprint density at radius 3 is 2.12 bits per heavy atom. The largest absolute Gasteiger partial charge is 0.507 e. The lowest BCUT2D eigenvalue weighted by Crippen LogP contribution is -2.52. The zero-order valence-corrected chi connectivity index (χ0v) is 34.0. The summed E-state index contributed by atoms with van der Waals surface area (Å²) >= 11 is 0. The molecule has 2 aromatic carbocycles. The number of urea groups is 1. The smallest absolute Gasteiger partial charge is 0.410 e. The van der Waals surface area contributed by atoms with Gasteiger partial charge in [0.2, 0.25) is 0 Å². The Hall–Kier alpha value is -4.85. The maximum absolute atomic E-state index is 14.2. The molecule has 3 saturated heterocycles. The number of nitrogens with one attached hydrogen (secondary N) is 1. The van der Waals surface area contributed by atoms with Crippen LogP contribution in [0.15, 0.2) is 36.4 Å². The van der Waals surface area contributed by atoms with Gasteiger partial charge in [-0.15, -0.1) is 0 Å². The molecule has 1 atom stereocenters. The number of phenolic OH excluding ortho intramolecular Hbond substituents is 1. The number of esters is 1. The number of fused-ring (bicyclic) bond motifs is 1. The number of para-hydroxylation sites is 1. The Balaban J connectivity index is 1.00. The maximum Gasteiger partial charge on any atom is 0.410 e. The average molecular weight is 789 g/mol. The van der Waals surface area contributed by atoms with Gasteiger partial charge in [0.25, 0.3) is 11.8 Å². The fourth-order valence-electron chi connectivity index (χ4n) is 8.89. The molecule has 14 nitrogen and oxygen atoms in total. The third-order valence-electron chi connectivity index (χ3n) is 12.4. The predicted octanol–water partition coefficient (Wildman–Crippen LogP) is 4.58. The van der Waals surface area contributed by atoms with Crippen LogP contribution in [-0.4, -0.2) is 145 Å². The molecule has 3 fully saturated rings. The first kappa shape index (κ1) is 41.8. The summed E-state index contributed by atoms with van der Waals surface area (Å²) in [5, 5.41) is 13.5. The number of amides is 5. The number of carbonyl (C=O) groups excluding carboxylic acids is 5. The summed E-state index contributed by atoms with van der Waals surface area (Å²) in [4.78, 5) is 74.0. The molecule has 14 heteroatoms. The molecule has 57 heavy (non-hydrogen) atoms. The Bertz CT molecular complexity index is 1740. The fraction of sp³-hybridized carbons (Fsp3) is 0.605. The standard InChI is InChI=1S/C43H60N6O8/c1-29-25-31(26-30(2)40(29)52)27-37(57-43(55)48-22-14-35(15-23-48)49-24-13-34-7-5-6-8-36(34)44-42(49)54)41(53)47-20-11-33(12-21-47)32-9-17-46(18-10-32)19-16-39(51)56-28-38(50)45(3)4/h5-8,25-26,32-33,35,37,52H,9-24,27-28H2,1-4H3,(H,44,54)/t37-/m1/s1. The van der Waals surface area contributed by atoms with Gasteiger partial charge in [-0.05, 0) is 112 Å². The predicted molar refractivity (Wildman–Crippen MR) is 215 cm³/mol. The molecule has 4 aliphatic heterocycles. The minimum absolute atomic E-state index is 0.00724. The molecular weight excluding hydrogens is 729 g/mol. The minimum atomic E-state index is -1.01. The highest BCUT2D eigenvalue weighted by molar-refractivity contribution is 5.91. The van der Waals surface area contributed by atoms with E-state index in [9.17, 15) is 29.1 Å². The number of aromatic hydroxyl groups is 1. The number of aryl methyl sites for hydroxylation is 2. The number of carbonyl (C=O) groups is 5. The van der Waals surface area contributed by atoms with Crippen molar-refractivity contribution in [1.82, 2.24) is 24.5 Å². The van der Waals surface area contributed by atoms with Crippen LogP contribution >= 0.6 is 0 Å². The number of piperidine rings is 3. The second kappa shape index (κ2) is 19.1. The van der Waals surface area contributed by atoms with E-state index in [1.165, 1.54) is 4.90 Å². The average Bonchev–Trinajstić information content (AvgIpc) is 3.38. The van der Waals surface area contributed by atoms with Crippen molar-refractivity contribution in [1.29, 1.82) is 0 Å². The van der Waals surface area contributed by atoms with Crippen molar-refractivity contribution in [3.63, 3.8) is 0 Å². The number of likely N-dealkylation sites (tertiary alicyclic amines) is 3. The molecule has 0 unspecified atom stereocenters. The first-order valence-electron chi connectivity index (χ1n) is 20.6. The van der Waals surface area contributed by atoms with Crippen LogP contribution in [0.4, 0.5) is 15.3 Å². The second-order valence-corrected chi connectivity index (χ2v) is 16.4. The van der Waals surface area contributed by atoms with Gasteiger partial charge in [0.05, 0.1) is 6.42 Å². The zero-order valence-electron chi connectivity index (χ0n) is 34.0. The number of phenols is 1. The van der Waals surface area contributed by atoms with Crippen LogP contribution < -0.4 is 5.32 Å². The van der Waals surface area contributed by atoms with E-state index in [0.29, 0.717) is 75.1 Å². The highest BCUT2D eigenvalue weighted by Crippen LogP contribution is 2.33. The summed E-state index contributed by atoms with van der Waals surface area (Å²) in [6, 6.07) is 11.4. The van der Waals surface area contributed by atoms with Crippen LogP contribution in [0.1, 0.15) is 67.2 Å². The van der Waals surface area contributed by atoms with E-state index in [4.69, 9.17) is 9.47 Å². The van der Waals surface area contributed by atoms with Gasteiger partial charge in [0.15, 0.2) is 12.7 Å². The second-order valence-electron chi connectivity index (χ2n) is 16.4. The van der Waals surface area contributed by atoms with Crippen molar-refractivity contribution < 1.29 is 38.6 Å². The molecule has 5 amide bonds. The lowest BCUT2D eigenvalue weighted by molar-refractivity contribution is -0.151. The third kappa shape index (κ3) is 10.8. The molecule has 2 N–H and O–H groups in total.